The summed E-state index contributed by atoms with van der Waals surface area (Å²) in [5.74, 6) is 0.767. The Bertz CT molecular complexity index is 641. The number of ether oxygens (including phenoxy) is 2. The highest BCUT2D eigenvalue weighted by Crippen LogP contribution is 2.28. The molecular formula is C21H40IN5O4. The molecule has 0 aromatic heterocycles. The Kier molecular flexibility index (Phi) is 10.2. The van der Waals surface area contributed by atoms with Crippen LogP contribution in [0, 0.1) is 0 Å². The molecule has 2 amide bonds. The molecule has 1 saturated carbocycles. The number of halogens is 1. The minimum absolute atomic E-state index is 0. The molecule has 0 spiro atoms. The average molecular weight is 553 g/mol. The zero-order valence-corrected chi connectivity index (χ0v) is 22.3. The number of hydrogen-bond donors (Lipinski definition) is 2. The van der Waals surface area contributed by atoms with Crippen molar-refractivity contribution < 1.29 is 19.1 Å². The second-order valence-corrected chi connectivity index (χ2v) is 9.96. The fraction of sp³-hybridized carbons (Fsp3) is 0.857. The molecule has 1 atom stereocenters. The molecule has 2 aliphatic rings. The van der Waals surface area contributed by atoms with E-state index in [-0.39, 0.29) is 42.2 Å². The normalized spacial score (nSPS) is 19.4. The van der Waals surface area contributed by atoms with E-state index in [9.17, 15) is 9.59 Å². The van der Waals surface area contributed by atoms with Crippen molar-refractivity contribution in [1.82, 2.24) is 20.4 Å². The molecule has 0 aromatic rings. The van der Waals surface area contributed by atoms with Gasteiger partial charge in [-0.25, -0.2) is 9.59 Å². The summed E-state index contributed by atoms with van der Waals surface area (Å²) in [5, 5.41) is 6.26. The van der Waals surface area contributed by atoms with E-state index >= 15 is 0 Å². The molecule has 1 saturated heterocycles. The van der Waals surface area contributed by atoms with Crippen LogP contribution in [0.1, 0.15) is 60.8 Å². The van der Waals surface area contributed by atoms with Crippen molar-refractivity contribution in [2.75, 3.05) is 33.2 Å². The topological polar surface area (TPSA) is 95.5 Å². The Hall–Kier alpha value is -1.46. The van der Waals surface area contributed by atoms with Crippen molar-refractivity contribution in [1.29, 1.82) is 0 Å². The van der Waals surface area contributed by atoms with Crippen LogP contribution in [0.2, 0.25) is 0 Å². The Balaban J connectivity index is 0.00000480. The minimum atomic E-state index is -0.512. The number of alkyl carbamates (subject to hydrolysis) is 1. The van der Waals surface area contributed by atoms with Crippen LogP contribution < -0.4 is 10.6 Å². The maximum absolute atomic E-state index is 12.5. The number of carbonyl (C=O) groups excluding carboxylic acids is 2. The van der Waals surface area contributed by atoms with Crippen LogP contribution in [0.25, 0.3) is 0 Å². The third-order valence-corrected chi connectivity index (χ3v) is 4.67. The van der Waals surface area contributed by atoms with Crippen molar-refractivity contribution in [3.05, 3.63) is 0 Å². The highest BCUT2D eigenvalue weighted by molar-refractivity contribution is 14.0. The maximum atomic E-state index is 12.5. The molecule has 2 fully saturated rings. The van der Waals surface area contributed by atoms with Gasteiger partial charge in [0.15, 0.2) is 5.96 Å². The molecule has 0 bridgehead atoms. The standard InChI is InChI=1S/C21H39N5O4.HI/c1-20(2,3)29-18(27)24-15-10-12-25(14-15)17(22-7)23-11-13-26(16-8-9-16)19(28)30-21(4,5)6;/h15-16H,8-14H2,1-7H3,(H,22,23)(H,24,27);1H. The van der Waals surface area contributed by atoms with Crippen molar-refractivity contribution in [2.24, 2.45) is 4.99 Å². The molecule has 1 heterocycles. The summed E-state index contributed by atoms with van der Waals surface area (Å²) in [6, 6.07) is 0.293. The number of hydrogen-bond acceptors (Lipinski definition) is 5. The third-order valence-electron chi connectivity index (χ3n) is 4.67. The van der Waals surface area contributed by atoms with E-state index in [0.717, 1.165) is 31.8 Å². The van der Waals surface area contributed by atoms with Gasteiger partial charge in [-0.2, -0.15) is 0 Å². The molecule has 2 rings (SSSR count). The van der Waals surface area contributed by atoms with E-state index in [1.807, 2.05) is 46.4 Å². The van der Waals surface area contributed by atoms with E-state index in [1.54, 1.807) is 7.05 Å². The quantitative estimate of drug-likeness (QED) is 0.309. The summed E-state index contributed by atoms with van der Waals surface area (Å²) in [6.45, 7) is 13.8. The van der Waals surface area contributed by atoms with Crippen LogP contribution in [0.4, 0.5) is 9.59 Å². The van der Waals surface area contributed by atoms with Gasteiger partial charge in [0.1, 0.15) is 11.2 Å². The van der Waals surface area contributed by atoms with Crippen LogP contribution in [-0.4, -0.2) is 84.5 Å². The number of carbonyl (C=O) groups is 2. The highest BCUT2D eigenvalue weighted by atomic mass is 127. The number of amides is 2. The van der Waals surface area contributed by atoms with Gasteiger partial charge < -0.3 is 29.9 Å². The van der Waals surface area contributed by atoms with Gasteiger partial charge in [0.25, 0.3) is 0 Å². The molecule has 31 heavy (non-hydrogen) atoms. The molecule has 0 aromatic carbocycles. The summed E-state index contributed by atoms with van der Waals surface area (Å²) in [5.41, 5.74) is -1.01. The van der Waals surface area contributed by atoms with Crippen LogP contribution in [0.5, 0.6) is 0 Å². The van der Waals surface area contributed by atoms with Crippen LogP contribution in [0.3, 0.4) is 0 Å². The Morgan fingerprint density at radius 1 is 1.06 bits per heavy atom. The van der Waals surface area contributed by atoms with Gasteiger partial charge in [0.2, 0.25) is 0 Å². The van der Waals surface area contributed by atoms with Gasteiger partial charge in [-0.15, -0.1) is 24.0 Å². The molecule has 10 heteroatoms. The molecule has 1 unspecified atom stereocenters. The first-order valence-electron chi connectivity index (χ1n) is 10.8. The zero-order valence-electron chi connectivity index (χ0n) is 20.0. The molecule has 2 N–H and O–H groups in total. The maximum Gasteiger partial charge on any atom is 0.410 e. The van der Waals surface area contributed by atoms with Crippen LogP contribution in [0.15, 0.2) is 4.99 Å². The van der Waals surface area contributed by atoms with E-state index in [0.29, 0.717) is 19.6 Å². The second-order valence-electron chi connectivity index (χ2n) is 9.96. The predicted octanol–water partition coefficient (Wildman–Crippen LogP) is 3.18. The van der Waals surface area contributed by atoms with Gasteiger partial charge in [-0.1, -0.05) is 0 Å². The van der Waals surface area contributed by atoms with E-state index in [4.69, 9.17) is 9.47 Å². The SMILES string of the molecule is CN=C(NCCN(C(=O)OC(C)(C)C)C1CC1)N1CCC(NC(=O)OC(C)(C)C)C1.I. The minimum Gasteiger partial charge on any atom is -0.444 e. The highest BCUT2D eigenvalue weighted by Gasteiger charge is 2.35. The lowest BCUT2D eigenvalue weighted by Gasteiger charge is -2.28. The molecule has 9 nitrogen and oxygen atoms in total. The second kappa shape index (κ2) is 11.4. The van der Waals surface area contributed by atoms with Gasteiger partial charge in [0.05, 0.1) is 6.04 Å². The monoisotopic (exact) mass is 553 g/mol. The lowest BCUT2D eigenvalue weighted by Crippen LogP contribution is -2.47. The molecule has 1 aliphatic heterocycles. The number of nitrogens with zero attached hydrogens (tertiary/aromatic N) is 3. The first kappa shape index (κ1) is 27.6. The lowest BCUT2D eigenvalue weighted by molar-refractivity contribution is 0.0237. The smallest absolute Gasteiger partial charge is 0.410 e. The predicted molar refractivity (Wildman–Crippen MR) is 132 cm³/mol. The van der Waals surface area contributed by atoms with Gasteiger partial charge in [0, 0.05) is 39.3 Å². The summed E-state index contributed by atoms with van der Waals surface area (Å²) in [6.07, 6.45) is 2.22. The first-order valence-corrected chi connectivity index (χ1v) is 10.8. The van der Waals surface area contributed by atoms with Crippen molar-refractivity contribution >= 4 is 42.1 Å². The molecule has 0 radical (unpaired) electrons. The number of guanidine groups is 1. The van der Waals surface area contributed by atoms with Crippen molar-refractivity contribution in [3.8, 4) is 0 Å². The Morgan fingerprint density at radius 3 is 2.19 bits per heavy atom. The first-order chi connectivity index (χ1) is 13.9. The number of rotatable bonds is 5. The summed E-state index contributed by atoms with van der Waals surface area (Å²) >= 11 is 0. The largest absolute Gasteiger partial charge is 0.444 e. The molecule has 1 aliphatic carbocycles. The van der Waals surface area contributed by atoms with Crippen LogP contribution >= 0.6 is 24.0 Å². The van der Waals surface area contributed by atoms with Crippen molar-refractivity contribution in [2.45, 2.75) is 84.1 Å². The summed E-state index contributed by atoms with van der Waals surface area (Å²) in [4.78, 5) is 32.7. The number of nitrogens with one attached hydrogen (secondary N) is 2. The Labute approximate surface area is 203 Å². The van der Waals surface area contributed by atoms with E-state index in [2.05, 4.69) is 20.5 Å². The Morgan fingerprint density at radius 2 is 1.68 bits per heavy atom. The van der Waals surface area contributed by atoms with Gasteiger partial charge in [-0.05, 0) is 60.8 Å². The fourth-order valence-electron chi connectivity index (χ4n) is 3.29. The van der Waals surface area contributed by atoms with Crippen LogP contribution in [-0.2, 0) is 9.47 Å². The van der Waals surface area contributed by atoms with E-state index in [1.165, 1.54) is 0 Å². The fourth-order valence-corrected chi connectivity index (χ4v) is 3.29. The van der Waals surface area contributed by atoms with E-state index < -0.39 is 17.3 Å². The van der Waals surface area contributed by atoms with Gasteiger partial charge >= 0.3 is 12.2 Å². The lowest BCUT2D eigenvalue weighted by atomic mass is 10.2. The number of aliphatic imine (C=N–C) groups is 1. The molecular weight excluding hydrogens is 513 g/mol. The number of likely N-dealkylation sites (tertiary alicyclic amines) is 1. The average Bonchev–Trinajstić information content (AvgIpc) is 3.31. The van der Waals surface area contributed by atoms with Crippen molar-refractivity contribution in [3.63, 3.8) is 0 Å². The third kappa shape index (κ3) is 10.1. The zero-order chi connectivity index (χ0) is 22.5. The van der Waals surface area contributed by atoms with Gasteiger partial charge in [-0.3, -0.25) is 4.99 Å². The molecule has 180 valence electrons. The summed E-state index contributed by atoms with van der Waals surface area (Å²) in [7, 11) is 1.74. The summed E-state index contributed by atoms with van der Waals surface area (Å²) < 4.78 is 10.9.